The average molecular weight is 206 g/mol. The van der Waals surface area contributed by atoms with Gasteiger partial charge in [0.1, 0.15) is 0 Å². The standard InChI is InChI=1S/C12H18N2O/c1-9(2)3-4-12(15)10-5-6-14-11(7-10)8-13/h5-7,9H,3-4,8,13H2,1-2H3. The van der Waals surface area contributed by atoms with Crippen molar-refractivity contribution in [1.82, 2.24) is 4.98 Å². The molecule has 0 aliphatic heterocycles. The van der Waals surface area contributed by atoms with Crippen molar-refractivity contribution in [3.8, 4) is 0 Å². The number of nitrogens with two attached hydrogens (primary N) is 1. The van der Waals surface area contributed by atoms with Gasteiger partial charge in [-0.25, -0.2) is 0 Å². The van der Waals surface area contributed by atoms with Crippen molar-refractivity contribution in [2.75, 3.05) is 0 Å². The Morgan fingerprint density at radius 2 is 2.27 bits per heavy atom. The number of ketones is 1. The van der Waals surface area contributed by atoms with E-state index in [0.717, 1.165) is 17.7 Å². The van der Waals surface area contributed by atoms with Gasteiger partial charge in [-0.15, -0.1) is 0 Å². The molecular weight excluding hydrogens is 188 g/mol. The van der Waals surface area contributed by atoms with E-state index in [1.807, 2.05) is 0 Å². The molecule has 0 spiro atoms. The monoisotopic (exact) mass is 206 g/mol. The Morgan fingerprint density at radius 1 is 1.53 bits per heavy atom. The van der Waals surface area contributed by atoms with Gasteiger partial charge in [0.05, 0.1) is 5.69 Å². The van der Waals surface area contributed by atoms with Crippen LogP contribution in [0.15, 0.2) is 18.3 Å². The van der Waals surface area contributed by atoms with Crippen LogP contribution in [0, 0.1) is 5.92 Å². The van der Waals surface area contributed by atoms with Gasteiger partial charge in [-0.05, 0) is 24.5 Å². The smallest absolute Gasteiger partial charge is 0.163 e. The molecule has 0 aliphatic carbocycles. The molecule has 1 aromatic rings. The molecule has 3 nitrogen and oxygen atoms in total. The fraction of sp³-hybridized carbons (Fsp3) is 0.500. The molecule has 3 heteroatoms. The Morgan fingerprint density at radius 3 is 2.87 bits per heavy atom. The van der Waals surface area contributed by atoms with Crippen molar-refractivity contribution in [2.45, 2.75) is 33.2 Å². The minimum atomic E-state index is 0.181. The maximum Gasteiger partial charge on any atom is 0.163 e. The summed E-state index contributed by atoms with van der Waals surface area (Å²) < 4.78 is 0. The average Bonchev–Trinajstić information content (AvgIpc) is 2.26. The Bertz CT molecular complexity index is 334. The van der Waals surface area contributed by atoms with Gasteiger partial charge in [-0.2, -0.15) is 0 Å². The molecule has 1 rings (SSSR count). The number of aromatic nitrogens is 1. The molecule has 0 fully saturated rings. The van der Waals surface area contributed by atoms with Crippen LogP contribution in [0.3, 0.4) is 0 Å². The number of Topliss-reactive ketones (excluding diaryl/α,β-unsaturated/α-hetero) is 1. The van der Waals surface area contributed by atoms with Crippen molar-refractivity contribution in [3.63, 3.8) is 0 Å². The highest BCUT2D eigenvalue weighted by atomic mass is 16.1. The predicted octanol–water partition coefficient (Wildman–Crippen LogP) is 2.16. The van der Waals surface area contributed by atoms with Gasteiger partial charge in [-0.3, -0.25) is 9.78 Å². The van der Waals surface area contributed by atoms with Crippen LogP contribution < -0.4 is 5.73 Å². The second-order valence-corrected chi connectivity index (χ2v) is 4.10. The fourth-order valence-corrected chi connectivity index (χ4v) is 1.33. The normalized spacial score (nSPS) is 10.7. The molecule has 0 saturated heterocycles. The lowest BCUT2D eigenvalue weighted by molar-refractivity contribution is 0.0975. The van der Waals surface area contributed by atoms with E-state index in [-0.39, 0.29) is 5.78 Å². The zero-order valence-electron chi connectivity index (χ0n) is 9.36. The molecule has 1 aromatic heterocycles. The van der Waals surface area contributed by atoms with Gasteiger partial charge >= 0.3 is 0 Å². The van der Waals surface area contributed by atoms with Crippen molar-refractivity contribution in [2.24, 2.45) is 11.7 Å². The van der Waals surface area contributed by atoms with Crippen LogP contribution >= 0.6 is 0 Å². The highest BCUT2D eigenvalue weighted by molar-refractivity contribution is 5.96. The van der Waals surface area contributed by atoms with Gasteiger partial charge in [0.25, 0.3) is 0 Å². The SMILES string of the molecule is CC(C)CCC(=O)c1ccnc(CN)c1. The van der Waals surface area contributed by atoms with Crippen LogP contribution in [0.2, 0.25) is 0 Å². The second-order valence-electron chi connectivity index (χ2n) is 4.10. The lowest BCUT2D eigenvalue weighted by Crippen LogP contribution is -2.05. The van der Waals surface area contributed by atoms with Crippen LogP contribution in [0.1, 0.15) is 42.7 Å². The van der Waals surface area contributed by atoms with E-state index in [9.17, 15) is 4.79 Å². The quantitative estimate of drug-likeness (QED) is 0.751. The Labute approximate surface area is 90.7 Å². The number of rotatable bonds is 5. The first-order valence-corrected chi connectivity index (χ1v) is 5.31. The molecule has 82 valence electrons. The van der Waals surface area contributed by atoms with Crippen molar-refractivity contribution in [1.29, 1.82) is 0 Å². The molecule has 0 atom stereocenters. The molecule has 2 N–H and O–H groups in total. The van der Waals surface area contributed by atoms with E-state index in [4.69, 9.17) is 5.73 Å². The minimum absolute atomic E-state index is 0.181. The third kappa shape index (κ3) is 3.80. The van der Waals surface area contributed by atoms with E-state index in [1.165, 1.54) is 0 Å². The van der Waals surface area contributed by atoms with Crippen LogP contribution in [-0.4, -0.2) is 10.8 Å². The molecule has 0 aliphatic rings. The summed E-state index contributed by atoms with van der Waals surface area (Å²) in [6, 6.07) is 3.53. The number of hydrogen-bond acceptors (Lipinski definition) is 3. The summed E-state index contributed by atoms with van der Waals surface area (Å²) in [7, 11) is 0. The van der Waals surface area contributed by atoms with Crippen molar-refractivity contribution in [3.05, 3.63) is 29.6 Å². The third-order valence-electron chi connectivity index (χ3n) is 2.30. The van der Waals surface area contributed by atoms with E-state index in [2.05, 4.69) is 18.8 Å². The molecule has 0 bridgehead atoms. The summed E-state index contributed by atoms with van der Waals surface area (Å²) in [5.41, 5.74) is 6.96. The van der Waals surface area contributed by atoms with E-state index < -0.39 is 0 Å². The maximum absolute atomic E-state index is 11.7. The van der Waals surface area contributed by atoms with Crippen LogP contribution in [0.25, 0.3) is 0 Å². The topological polar surface area (TPSA) is 56.0 Å². The highest BCUT2D eigenvalue weighted by Gasteiger charge is 2.07. The number of hydrogen-bond donors (Lipinski definition) is 1. The molecule has 0 radical (unpaired) electrons. The first-order chi connectivity index (χ1) is 7.13. The molecule has 0 unspecified atom stereocenters. The largest absolute Gasteiger partial charge is 0.325 e. The van der Waals surface area contributed by atoms with Gasteiger partial charge in [0.15, 0.2) is 5.78 Å². The van der Waals surface area contributed by atoms with E-state index in [1.54, 1.807) is 18.3 Å². The van der Waals surface area contributed by atoms with Crippen LogP contribution in [0.5, 0.6) is 0 Å². The second kappa shape index (κ2) is 5.61. The predicted molar refractivity (Wildman–Crippen MR) is 60.5 cm³/mol. The summed E-state index contributed by atoms with van der Waals surface area (Å²) in [6.07, 6.45) is 3.18. The zero-order chi connectivity index (χ0) is 11.3. The molecule has 0 aromatic carbocycles. The Kier molecular flexibility index (Phi) is 4.43. The Hall–Kier alpha value is -1.22. The first kappa shape index (κ1) is 11.9. The lowest BCUT2D eigenvalue weighted by atomic mass is 10.0. The lowest BCUT2D eigenvalue weighted by Gasteiger charge is -2.04. The minimum Gasteiger partial charge on any atom is -0.325 e. The van der Waals surface area contributed by atoms with E-state index >= 15 is 0 Å². The number of carbonyl (C=O) groups excluding carboxylic acids is 1. The first-order valence-electron chi connectivity index (χ1n) is 5.31. The number of carbonyl (C=O) groups is 1. The zero-order valence-corrected chi connectivity index (χ0v) is 9.36. The fourth-order valence-electron chi connectivity index (χ4n) is 1.33. The maximum atomic E-state index is 11.7. The van der Waals surface area contributed by atoms with Gasteiger partial charge in [-0.1, -0.05) is 13.8 Å². The van der Waals surface area contributed by atoms with Gasteiger partial charge in [0, 0.05) is 24.7 Å². The summed E-state index contributed by atoms with van der Waals surface area (Å²) in [5, 5.41) is 0. The van der Waals surface area contributed by atoms with Crippen molar-refractivity contribution < 1.29 is 4.79 Å². The summed E-state index contributed by atoms with van der Waals surface area (Å²) in [5.74, 6) is 0.741. The van der Waals surface area contributed by atoms with Gasteiger partial charge < -0.3 is 5.73 Å². The molecule has 0 saturated carbocycles. The van der Waals surface area contributed by atoms with Crippen LogP contribution in [0.4, 0.5) is 0 Å². The number of pyridine rings is 1. The molecule has 1 heterocycles. The third-order valence-corrected chi connectivity index (χ3v) is 2.30. The highest BCUT2D eigenvalue weighted by Crippen LogP contribution is 2.10. The van der Waals surface area contributed by atoms with E-state index in [0.29, 0.717) is 18.9 Å². The Balaban J connectivity index is 2.65. The summed E-state index contributed by atoms with van der Waals surface area (Å²) in [6.45, 7) is 4.61. The number of nitrogens with zero attached hydrogens (tertiary/aromatic N) is 1. The molecular formula is C12H18N2O. The van der Waals surface area contributed by atoms with Crippen LogP contribution in [-0.2, 0) is 6.54 Å². The van der Waals surface area contributed by atoms with Crippen molar-refractivity contribution >= 4 is 5.78 Å². The van der Waals surface area contributed by atoms with Gasteiger partial charge in [0.2, 0.25) is 0 Å². The summed E-state index contributed by atoms with van der Waals surface area (Å²) >= 11 is 0. The molecule has 15 heavy (non-hydrogen) atoms. The molecule has 0 amide bonds. The summed E-state index contributed by atoms with van der Waals surface area (Å²) in [4.78, 5) is 15.8.